The molecule has 1 aromatic heterocycles. The van der Waals surface area contributed by atoms with E-state index in [1.165, 1.54) is 32.1 Å². The summed E-state index contributed by atoms with van der Waals surface area (Å²) in [5, 5.41) is 4.35. The fourth-order valence-electron chi connectivity index (χ4n) is 1.86. The van der Waals surface area contributed by atoms with E-state index in [0.29, 0.717) is 11.1 Å². The summed E-state index contributed by atoms with van der Waals surface area (Å²) < 4.78 is 4.83. The summed E-state index contributed by atoms with van der Waals surface area (Å²) in [4.78, 5) is 0. The predicted octanol–water partition coefficient (Wildman–Crippen LogP) is 3.38. The van der Waals surface area contributed by atoms with Gasteiger partial charge in [-0.15, -0.1) is 0 Å². The van der Waals surface area contributed by atoms with Crippen molar-refractivity contribution in [3.05, 3.63) is 17.0 Å². The second-order valence-corrected chi connectivity index (χ2v) is 3.76. The molecule has 1 saturated carbocycles. The topological polar surface area (TPSA) is 26.0 Å². The highest BCUT2D eigenvalue weighted by molar-refractivity contribution is 6.28. The maximum atomic E-state index is 5.65. The molecule has 66 valence electrons. The van der Waals surface area contributed by atoms with E-state index in [2.05, 4.69) is 5.16 Å². The number of aromatic nitrogens is 1. The summed E-state index contributed by atoms with van der Waals surface area (Å²) in [6.07, 6.45) is 6.47. The molecule has 1 heterocycles. The van der Waals surface area contributed by atoms with E-state index in [0.717, 1.165) is 5.69 Å². The highest BCUT2D eigenvalue weighted by Crippen LogP contribution is 2.32. The highest BCUT2D eigenvalue weighted by Gasteiger charge is 2.18. The van der Waals surface area contributed by atoms with Crippen LogP contribution in [0.3, 0.4) is 0 Å². The Kier molecular flexibility index (Phi) is 2.35. The van der Waals surface area contributed by atoms with Crippen LogP contribution in [0.1, 0.15) is 43.7 Å². The Morgan fingerprint density at radius 2 is 2.08 bits per heavy atom. The molecule has 3 heteroatoms. The second kappa shape index (κ2) is 3.48. The molecule has 0 saturated heterocycles. The molecule has 0 N–H and O–H groups in total. The fraction of sp³-hybridized carbons (Fsp3) is 0.667. The smallest absolute Gasteiger partial charge is 0.226 e. The molecule has 1 aliphatic carbocycles. The molecule has 0 amide bonds. The highest BCUT2D eigenvalue weighted by atomic mass is 35.5. The minimum Gasteiger partial charge on any atom is -0.344 e. The van der Waals surface area contributed by atoms with Gasteiger partial charge in [-0.25, -0.2) is 0 Å². The predicted molar refractivity (Wildman–Crippen MR) is 47.3 cm³/mol. The maximum Gasteiger partial charge on any atom is 0.226 e. The Bertz CT molecular complexity index is 253. The van der Waals surface area contributed by atoms with Crippen molar-refractivity contribution in [2.75, 3.05) is 0 Å². The van der Waals surface area contributed by atoms with Gasteiger partial charge >= 0.3 is 0 Å². The third-order valence-electron chi connectivity index (χ3n) is 2.52. The molecule has 12 heavy (non-hydrogen) atoms. The lowest BCUT2D eigenvalue weighted by atomic mass is 9.87. The van der Waals surface area contributed by atoms with Crippen molar-refractivity contribution < 1.29 is 4.52 Å². The molecule has 1 aliphatic rings. The number of halogens is 1. The summed E-state index contributed by atoms with van der Waals surface area (Å²) in [6, 6.07) is 1.84. The molecule has 0 unspecified atom stereocenters. The van der Waals surface area contributed by atoms with E-state index in [4.69, 9.17) is 16.1 Å². The lowest BCUT2D eigenvalue weighted by Gasteiger charge is -2.18. The molecule has 2 rings (SSSR count). The van der Waals surface area contributed by atoms with Gasteiger partial charge in [-0.2, -0.15) is 0 Å². The Hall–Kier alpha value is -0.500. The van der Waals surface area contributed by atoms with Gasteiger partial charge < -0.3 is 4.52 Å². The molecular weight excluding hydrogens is 174 g/mol. The fourth-order valence-corrected chi connectivity index (χ4v) is 2.00. The molecule has 0 aliphatic heterocycles. The van der Waals surface area contributed by atoms with Gasteiger partial charge in [0.2, 0.25) is 5.22 Å². The van der Waals surface area contributed by atoms with Crippen LogP contribution in [-0.4, -0.2) is 5.16 Å². The third-order valence-corrected chi connectivity index (χ3v) is 2.70. The third kappa shape index (κ3) is 1.63. The maximum absolute atomic E-state index is 5.65. The van der Waals surface area contributed by atoms with Crippen LogP contribution in [0.25, 0.3) is 0 Å². The summed E-state index contributed by atoms with van der Waals surface area (Å²) >= 11 is 5.65. The van der Waals surface area contributed by atoms with Gasteiger partial charge in [0, 0.05) is 12.0 Å². The lowest BCUT2D eigenvalue weighted by Crippen LogP contribution is -2.04. The Balaban J connectivity index is 2.08. The first-order chi connectivity index (χ1) is 5.86. The molecule has 2 nitrogen and oxygen atoms in total. The van der Waals surface area contributed by atoms with Crippen LogP contribution in [0.2, 0.25) is 5.22 Å². The van der Waals surface area contributed by atoms with Crippen LogP contribution in [-0.2, 0) is 0 Å². The second-order valence-electron chi connectivity index (χ2n) is 3.39. The summed E-state index contributed by atoms with van der Waals surface area (Å²) in [7, 11) is 0. The molecule has 0 aromatic carbocycles. The standard InChI is InChI=1S/C9H12ClNO/c10-9-6-8(11-12-9)7-4-2-1-3-5-7/h6-7H,1-5H2. The number of rotatable bonds is 1. The minimum absolute atomic E-state index is 0.413. The largest absolute Gasteiger partial charge is 0.344 e. The van der Waals surface area contributed by atoms with Gasteiger partial charge in [-0.3, -0.25) is 0 Å². The summed E-state index contributed by atoms with van der Waals surface area (Å²) in [6.45, 7) is 0. The lowest BCUT2D eigenvalue weighted by molar-refractivity contribution is 0.380. The van der Waals surface area contributed by atoms with Gasteiger partial charge in [0.25, 0.3) is 0 Å². The van der Waals surface area contributed by atoms with Crippen molar-refractivity contribution in [2.45, 2.75) is 38.0 Å². The number of hydrogen-bond donors (Lipinski definition) is 0. The molecule has 0 spiro atoms. The van der Waals surface area contributed by atoms with Crippen molar-refractivity contribution in [2.24, 2.45) is 0 Å². The van der Waals surface area contributed by atoms with E-state index in [9.17, 15) is 0 Å². The van der Waals surface area contributed by atoms with Crippen molar-refractivity contribution in [3.8, 4) is 0 Å². The van der Waals surface area contributed by atoms with E-state index in [-0.39, 0.29) is 0 Å². The van der Waals surface area contributed by atoms with Crippen LogP contribution in [0.4, 0.5) is 0 Å². The Morgan fingerprint density at radius 3 is 2.67 bits per heavy atom. The zero-order valence-corrected chi connectivity index (χ0v) is 7.68. The van der Waals surface area contributed by atoms with Crippen LogP contribution >= 0.6 is 11.6 Å². The van der Waals surface area contributed by atoms with Crippen LogP contribution in [0.15, 0.2) is 10.6 Å². The number of hydrogen-bond acceptors (Lipinski definition) is 2. The van der Waals surface area contributed by atoms with E-state index >= 15 is 0 Å². The van der Waals surface area contributed by atoms with Gasteiger partial charge in [0.05, 0.1) is 5.69 Å². The molecule has 1 fully saturated rings. The van der Waals surface area contributed by atoms with Crippen LogP contribution in [0, 0.1) is 0 Å². The Morgan fingerprint density at radius 1 is 1.33 bits per heavy atom. The minimum atomic E-state index is 0.413. The first-order valence-corrected chi connectivity index (χ1v) is 4.86. The van der Waals surface area contributed by atoms with Crippen molar-refractivity contribution in [1.82, 2.24) is 5.16 Å². The molecule has 0 bridgehead atoms. The van der Waals surface area contributed by atoms with Gasteiger partial charge in [-0.1, -0.05) is 24.4 Å². The van der Waals surface area contributed by atoms with Gasteiger partial charge in [0.15, 0.2) is 0 Å². The zero-order valence-electron chi connectivity index (χ0n) is 6.92. The molecule has 0 atom stereocenters. The van der Waals surface area contributed by atoms with E-state index in [1.807, 2.05) is 6.07 Å². The van der Waals surface area contributed by atoms with Crippen LogP contribution < -0.4 is 0 Å². The van der Waals surface area contributed by atoms with Crippen molar-refractivity contribution in [3.63, 3.8) is 0 Å². The monoisotopic (exact) mass is 185 g/mol. The first-order valence-electron chi connectivity index (χ1n) is 4.48. The Labute approximate surface area is 76.9 Å². The SMILES string of the molecule is Clc1cc(C2CCCCC2)no1. The van der Waals surface area contributed by atoms with Crippen molar-refractivity contribution in [1.29, 1.82) is 0 Å². The number of nitrogens with zero attached hydrogens (tertiary/aromatic N) is 1. The molecule has 1 aromatic rings. The van der Waals surface area contributed by atoms with Crippen molar-refractivity contribution >= 4 is 11.6 Å². The average molecular weight is 186 g/mol. The van der Waals surface area contributed by atoms with E-state index < -0.39 is 0 Å². The van der Waals surface area contributed by atoms with Crippen LogP contribution in [0.5, 0.6) is 0 Å². The summed E-state index contributed by atoms with van der Waals surface area (Å²) in [5.41, 5.74) is 1.04. The van der Waals surface area contributed by atoms with Gasteiger partial charge in [-0.05, 0) is 24.4 Å². The molecular formula is C9H12ClNO. The first kappa shape index (κ1) is 8.11. The summed E-state index contributed by atoms with van der Waals surface area (Å²) in [5.74, 6) is 0.593. The molecule has 0 radical (unpaired) electrons. The van der Waals surface area contributed by atoms with E-state index in [1.54, 1.807) is 0 Å². The van der Waals surface area contributed by atoms with Gasteiger partial charge in [0.1, 0.15) is 0 Å². The normalized spacial score (nSPS) is 19.8. The quantitative estimate of drug-likeness (QED) is 0.671. The average Bonchev–Trinajstić information content (AvgIpc) is 2.54. The zero-order chi connectivity index (χ0) is 8.39.